The Morgan fingerprint density at radius 3 is 2.26 bits per heavy atom. The third-order valence-corrected chi connectivity index (χ3v) is 4.96. The van der Waals surface area contributed by atoms with E-state index in [9.17, 15) is 9.59 Å². The van der Waals surface area contributed by atoms with Crippen molar-refractivity contribution in [1.29, 1.82) is 0 Å². The molecule has 0 spiro atoms. The third kappa shape index (κ3) is 4.50. The van der Waals surface area contributed by atoms with Gasteiger partial charge in [-0.3, -0.25) is 9.89 Å². The van der Waals surface area contributed by atoms with Crippen LogP contribution in [0.3, 0.4) is 0 Å². The van der Waals surface area contributed by atoms with Gasteiger partial charge < -0.3 is 14.5 Å². The highest BCUT2D eigenvalue weighted by molar-refractivity contribution is 9.10. The average molecular weight is 435 g/mol. The molecular weight excluding hydrogens is 412 g/mol. The summed E-state index contributed by atoms with van der Waals surface area (Å²) in [5.41, 5.74) is 1.51. The lowest BCUT2D eigenvalue weighted by Crippen LogP contribution is -2.51. The predicted octanol–water partition coefficient (Wildman–Crippen LogP) is 3.53. The van der Waals surface area contributed by atoms with Crippen LogP contribution in [0.2, 0.25) is 0 Å². The maximum absolute atomic E-state index is 12.9. The van der Waals surface area contributed by atoms with E-state index in [2.05, 4.69) is 26.1 Å². The summed E-state index contributed by atoms with van der Waals surface area (Å²) < 4.78 is 6.04. The zero-order chi connectivity index (χ0) is 19.6. The maximum atomic E-state index is 12.9. The van der Waals surface area contributed by atoms with Crippen LogP contribution in [0.5, 0.6) is 0 Å². The number of hydrogen-bond donors (Lipinski definition) is 1. The number of aromatic amines is 1. The monoisotopic (exact) mass is 434 g/mol. The highest BCUT2D eigenvalue weighted by atomic mass is 79.9. The lowest BCUT2D eigenvalue weighted by atomic mass is 10.1. The van der Waals surface area contributed by atoms with Gasteiger partial charge in [0.15, 0.2) is 0 Å². The lowest BCUT2D eigenvalue weighted by molar-refractivity contribution is 0.0140. The number of carbonyl (C=O) groups is 2. The number of hydrogen-bond acceptors (Lipinski definition) is 4. The Kier molecular flexibility index (Phi) is 5.55. The smallest absolute Gasteiger partial charge is 0.410 e. The molecule has 8 heteroatoms. The fraction of sp³-hybridized carbons (Fsp3) is 0.421. The van der Waals surface area contributed by atoms with Crippen molar-refractivity contribution in [3.05, 3.63) is 40.5 Å². The van der Waals surface area contributed by atoms with Crippen LogP contribution in [-0.4, -0.2) is 63.8 Å². The van der Waals surface area contributed by atoms with E-state index in [-0.39, 0.29) is 12.0 Å². The van der Waals surface area contributed by atoms with Gasteiger partial charge in [-0.1, -0.05) is 30.3 Å². The second-order valence-corrected chi connectivity index (χ2v) is 8.18. The largest absolute Gasteiger partial charge is 0.444 e. The third-order valence-electron chi connectivity index (χ3n) is 4.19. The molecule has 0 radical (unpaired) electrons. The minimum Gasteiger partial charge on any atom is -0.444 e. The average Bonchev–Trinajstić information content (AvgIpc) is 3.02. The first-order chi connectivity index (χ1) is 12.8. The molecule has 1 N–H and O–H groups in total. The first-order valence-corrected chi connectivity index (χ1v) is 9.62. The van der Waals surface area contributed by atoms with Crippen molar-refractivity contribution in [2.24, 2.45) is 0 Å². The van der Waals surface area contributed by atoms with Gasteiger partial charge in [0.1, 0.15) is 17.0 Å². The Labute approximate surface area is 166 Å². The molecule has 1 aromatic carbocycles. The number of carbonyl (C=O) groups excluding carboxylic acids is 2. The van der Waals surface area contributed by atoms with E-state index in [1.807, 2.05) is 51.1 Å². The van der Waals surface area contributed by atoms with Gasteiger partial charge >= 0.3 is 6.09 Å². The molecule has 0 saturated carbocycles. The molecule has 0 bridgehead atoms. The van der Waals surface area contributed by atoms with Crippen molar-refractivity contribution in [3.8, 4) is 11.3 Å². The van der Waals surface area contributed by atoms with E-state index in [0.717, 1.165) is 5.56 Å². The number of aromatic nitrogens is 2. The zero-order valence-corrected chi connectivity index (χ0v) is 17.2. The fourth-order valence-corrected chi connectivity index (χ4v) is 3.41. The quantitative estimate of drug-likeness (QED) is 0.783. The topological polar surface area (TPSA) is 78.5 Å². The molecule has 2 heterocycles. The summed E-state index contributed by atoms with van der Waals surface area (Å²) in [6.45, 7) is 7.30. The minimum atomic E-state index is -0.529. The Balaban J connectivity index is 1.65. The van der Waals surface area contributed by atoms with E-state index in [0.29, 0.717) is 42.0 Å². The molecule has 2 amide bonds. The first-order valence-electron chi connectivity index (χ1n) is 8.83. The Bertz CT molecular complexity index is 821. The lowest BCUT2D eigenvalue weighted by Gasteiger charge is -2.35. The van der Waals surface area contributed by atoms with Gasteiger partial charge in [-0.15, -0.1) is 0 Å². The zero-order valence-electron chi connectivity index (χ0n) is 15.7. The van der Waals surface area contributed by atoms with Crippen LogP contribution in [0.25, 0.3) is 11.3 Å². The minimum absolute atomic E-state index is 0.139. The molecule has 0 atom stereocenters. The van der Waals surface area contributed by atoms with E-state index in [1.54, 1.807) is 9.80 Å². The SMILES string of the molecule is CC(C)(C)OC(=O)N1CCN(C(=O)c2[nH]nc(-c3ccccc3)c2Br)CC1. The molecule has 144 valence electrons. The first kappa shape index (κ1) is 19.4. The summed E-state index contributed by atoms with van der Waals surface area (Å²) in [4.78, 5) is 28.4. The van der Waals surface area contributed by atoms with Crippen LogP contribution < -0.4 is 0 Å². The van der Waals surface area contributed by atoms with E-state index in [1.165, 1.54) is 0 Å². The molecule has 1 fully saturated rings. The fourth-order valence-electron chi connectivity index (χ4n) is 2.83. The number of nitrogens with zero attached hydrogens (tertiary/aromatic N) is 3. The van der Waals surface area contributed by atoms with Crippen LogP contribution in [0.1, 0.15) is 31.3 Å². The van der Waals surface area contributed by atoms with E-state index >= 15 is 0 Å². The number of H-pyrrole nitrogens is 1. The molecule has 3 rings (SSSR count). The summed E-state index contributed by atoms with van der Waals surface area (Å²) in [5.74, 6) is -0.139. The Hall–Kier alpha value is -2.35. The number of rotatable bonds is 2. The van der Waals surface area contributed by atoms with Crippen LogP contribution in [0.4, 0.5) is 4.79 Å². The molecule has 0 aliphatic carbocycles. The van der Waals surface area contributed by atoms with Gasteiger partial charge in [0.25, 0.3) is 5.91 Å². The second kappa shape index (κ2) is 7.72. The van der Waals surface area contributed by atoms with Crippen molar-refractivity contribution in [2.45, 2.75) is 26.4 Å². The van der Waals surface area contributed by atoms with Gasteiger partial charge in [0.2, 0.25) is 0 Å². The molecule has 1 saturated heterocycles. The standard InChI is InChI=1S/C19H23BrN4O3/c1-19(2,3)27-18(26)24-11-9-23(10-12-24)17(25)16-14(20)15(21-22-16)13-7-5-4-6-8-13/h4-8H,9-12H2,1-3H3,(H,21,22). The van der Waals surface area contributed by atoms with Crippen molar-refractivity contribution >= 4 is 27.9 Å². The van der Waals surface area contributed by atoms with Gasteiger partial charge in [-0.25, -0.2) is 4.79 Å². The summed E-state index contributed by atoms with van der Waals surface area (Å²) in [7, 11) is 0. The van der Waals surface area contributed by atoms with Crippen LogP contribution in [0, 0.1) is 0 Å². The molecule has 27 heavy (non-hydrogen) atoms. The van der Waals surface area contributed by atoms with Gasteiger partial charge in [-0.05, 0) is 36.7 Å². The molecule has 1 aliphatic heterocycles. The van der Waals surface area contributed by atoms with Crippen LogP contribution in [0.15, 0.2) is 34.8 Å². The van der Waals surface area contributed by atoms with Gasteiger partial charge in [0.05, 0.1) is 4.47 Å². The van der Waals surface area contributed by atoms with Crippen molar-refractivity contribution in [2.75, 3.05) is 26.2 Å². The summed E-state index contributed by atoms with van der Waals surface area (Å²) in [6, 6.07) is 9.66. The van der Waals surface area contributed by atoms with E-state index < -0.39 is 5.60 Å². The second-order valence-electron chi connectivity index (χ2n) is 7.39. The summed E-state index contributed by atoms with van der Waals surface area (Å²) >= 11 is 3.50. The number of ether oxygens (including phenoxy) is 1. The summed E-state index contributed by atoms with van der Waals surface area (Å²) in [6.07, 6.45) is -0.344. The Morgan fingerprint density at radius 1 is 1.07 bits per heavy atom. The Morgan fingerprint density at radius 2 is 1.67 bits per heavy atom. The van der Waals surface area contributed by atoms with Crippen molar-refractivity contribution < 1.29 is 14.3 Å². The number of nitrogens with one attached hydrogen (secondary N) is 1. The molecule has 0 unspecified atom stereocenters. The molecule has 1 aliphatic rings. The van der Waals surface area contributed by atoms with Crippen molar-refractivity contribution in [3.63, 3.8) is 0 Å². The van der Waals surface area contributed by atoms with Gasteiger partial charge in [0, 0.05) is 31.7 Å². The van der Waals surface area contributed by atoms with Crippen LogP contribution in [-0.2, 0) is 4.74 Å². The number of benzene rings is 1. The van der Waals surface area contributed by atoms with E-state index in [4.69, 9.17) is 4.74 Å². The number of halogens is 1. The van der Waals surface area contributed by atoms with Crippen LogP contribution >= 0.6 is 15.9 Å². The molecular formula is C19H23BrN4O3. The molecule has 2 aromatic rings. The van der Waals surface area contributed by atoms with Gasteiger partial charge in [-0.2, -0.15) is 5.10 Å². The molecule has 1 aromatic heterocycles. The molecule has 7 nitrogen and oxygen atoms in total. The highest BCUT2D eigenvalue weighted by Crippen LogP contribution is 2.29. The predicted molar refractivity (Wildman–Crippen MR) is 105 cm³/mol. The van der Waals surface area contributed by atoms with Crippen molar-refractivity contribution in [1.82, 2.24) is 20.0 Å². The normalized spacial score (nSPS) is 15.0. The number of piperazine rings is 1. The highest BCUT2D eigenvalue weighted by Gasteiger charge is 2.30. The number of amides is 2. The summed E-state index contributed by atoms with van der Waals surface area (Å²) in [5, 5.41) is 7.12. The maximum Gasteiger partial charge on any atom is 0.410 e.